The lowest BCUT2D eigenvalue weighted by Gasteiger charge is -2.24. The minimum Gasteiger partial charge on any atom is -0.480 e. The second kappa shape index (κ2) is 7.06. The van der Waals surface area contributed by atoms with E-state index in [0.717, 1.165) is 6.26 Å². The first-order valence-electron chi connectivity index (χ1n) is 6.66. The van der Waals surface area contributed by atoms with Gasteiger partial charge in [-0.3, -0.25) is 4.79 Å². The molecule has 0 rings (SSSR count). The molecule has 2 atom stereocenters. The number of aliphatic carboxylic acids is 1. The van der Waals surface area contributed by atoms with Crippen molar-refractivity contribution in [3.63, 3.8) is 0 Å². The first-order chi connectivity index (χ1) is 9.23. The second-order valence-electron chi connectivity index (χ2n) is 5.92. The summed E-state index contributed by atoms with van der Waals surface area (Å²) < 4.78 is 48.0. The van der Waals surface area contributed by atoms with Gasteiger partial charge in [0.1, 0.15) is 6.04 Å². The summed E-state index contributed by atoms with van der Waals surface area (Å²) in [7, 11) is -7.27. The Morgan fingerprint density at radius 2 is 1.71 bits per heavy atom. The van der Waals surface area contributed by atoms with Crippen LogP contribution in [0.25, 0.3) is 0 Å². The fraction of sp³-hybridized carbons (Fsp3) is 0.917. The van der Waals surface area contributed by atoms with E-state index in [-0.39, 0.29) is 12.3 Å². The van der Waals surface area contributed by atoms with Gasteiger partial charge in [0.25, 0.3) is 0 Å². The van der Waals surface area contributed by atoms with Crippen molar-refractivity contribution in [2.24, 2.45) is 5.92 Å². The van der Waals surface area contributed by atoms with Gasteiger partial charge < -0.3 is 5.11 Å². The second-order valence-corrected chi connectivity index (χ2v) is 10.4. The van der Waals surface area contributed by atoms with Crippen LogP contribution in [-0.2, 0) is 24.7 Å². The van der Waals surface area contributed by atoms with Crippen LogP contribution >= 0.6 is 0 Å². The van der Waals surface area contributed by atoms with E-state index in [1.165, 1.54) is 13.8 Å². The normalized spacial score (nSPS) is 16.4. The first kappa shape index (κ1) is 20.3. The molecule has 0 radical (unpaired) electrons. The van der Waals surface area contributed by atoms with Crippen LogP contribution in [0.15, 0.2) is 0 Å². The fourth-order valence-corrected chi connectivity index (χ4v) is 3.68. The SMILES string of the molecule is CC[C@H](C)[C@H](NS(=O)(=O)CCC(C)(C)S(C)(=O)=O)C(=O)O. The quantitative estimate of drug-likeness (QED) is 0.633. The largest absolute Gasteiger partial charge is 0.480 e. The van der Waals surface area contributed by atoms with Gasteiger partial charge in [0.05, 0.1) is 10.5 Å². The van der Waals surface area contributed by atoms with Gasteiger partial charge in [0.2, 0.25) is 10.0 Å². The number of hydrogen-bond donors (Lipinski definition) is 2. The minimum absolute atomic E-state index is 0.103. The van der Waals surface area contributed by atoms with Crippen molar-refractivity contribution in [2.75, 3.05) is 12.0 Å². The van der Waals surface area contributed by atoms with E-state index in [4.69, 9.17) is 5.11 Å². The van der Waals surface area contributed by atoms with Crippen molar-refractivity contribution < 1.29 is 26.7 Å². The van der Waals surface area contributed by atoms with Gasteiger partial charge in [-0.05, 0) is 26.2 Å². The van der Waals surface area contributed by atoms with Crippen molar-refractivity contribution in [3.05, 3.63) is 0 Å². The highest BCUT2D eigenvalue weighted by Crippen LogP contribution is 2.20. The molecule has 0 aromatic rings. The van der Waals surface area contributed by atoms with E-state index >= 15 is 0 Å². The molecule has 0 aliphatic carbocycles. The zero-order valence-corrected chi connectivity index (χ0v) is 14.7. The Morgan fingerprint density at radius 1 is 1.24 bits per heavy atom. The van der Waals surface area contributed by atoms with E-state index in [9.17, 15) is 21.6 Å². The van der Waals surface area contributed by atoms with Gasteiger partial charge in [-0.2, -0.15) is 0 Å². The van der Waals surface area contributed by atoms with E-state index in [2.05, 4.69) is 4.72 Å². The molecule has 0 saturated heterocycles. The van der Waals surface area contributed by atoms with Crippen LogP contribution in [0.3, 0.4) is 0 Å². The number of sulfonamides is 1. The number of nitrogens with one attached hydrogen (secondary N) is 1. The van der Waals surface area contributed by atoms with Crippen LogP contribution in [0.2, 0.25) is 0 Å². The lowest BCUT2D eigenvalue weighted by atomic mass is 10.0. The molecule has 0 aromatic carbocycles. The molecule has 126 valence electrons. The topological polar surface area (TPSA) is 118 Å². The molecule has 0 unspecified atom stereocenters. The Labute approximate surface area is 127 Å². The summed E-state index contributed by atoms with van der Waals surface area (Å²) >= 11 is 0. The number of rotatable bonds is 9. The van der Waals surface area contributed by atoms with Crippen molar-refractivity contribution in [3.8, 4) is 0 Å². The van der Waals surface area contributed by atoms with Crippen LogP contribution in [0.1, 0.15) is 40.5 Å². The molecule has 9 heteroatoms. The third kappa shape index (κ3) is 6.31. The van der Waals surface area contributed by atoms with Crippen LogP contribution in [0.4, 0.5) is 0 Å². The van der Waals surface area contributed by atoms with Crippen molar-refractivity contribution >= 4 is 25.8 Å². The van der Waals surface area contributed by atoms with E-state index in [1.54, 1.807) is 13.8 Å². The molecular formula is C12H25NO6S2. The van der Waals surface area contributed by atoms with Crippen LogP contribution in [0, 0.1) is 5.92 Å². The Kier molecular flexibility index (Phi) is 6.83. The molecule has 0 aliphatic rings. The summed E-state index contributed by atoms with van der Waals surface area (Å²) in [5.41, 5.74) is 0. The summed E-state index contributed by atoms with van der Waals surface area (Å²) in [5.74, 6) is -2.04. The summed E-state index contributed by atoms with van der Waals surface area (Å²) in [5, 5.41) is 9.07. The summed E-state index contributed by atoms with van der Waals surface area (Å²) in [4.78, 5) is 11.1. The van der Waals surface area contributed by atoms with E-state index in [0.29, 0.717) is 6.42 Å². The van der Waals surface area contributed by atoms with Crippen molar-refractivity contribution in [1.29, 1.82) is 0 Å². The maximum Gasteiger partial charge on any atom is 0.322 e. The van der Waals surface area contributed by atoms with Crippen LogP contribution in [0.5, 0.6) is 0 Å². The number of carbonyl (C=O) groups is 1. The molecule has 0 amide bonds. The van der Waals surface area contributed by atoms with Gasteiger partial charge in [-0.25, -0.2) is 21.6 Å². The number of hydrogen-bond acceptors (Lipinski definition) is 5. The molecule has 0 spiro atoms. The molecule has 0 saturated carbocycles. The molecule has 7 nitrogen and oxygen atoms in total. The van der Waals surface area contributed by atoms with Gasteiger partial charge >= 0.3 is 5.97 Å². The van der Waals surface area contributed by atoms with Crippen LogP contribution in [-0.4, -0.2) is 50.7 Å². The zero-order valence-electron chi connectivity index (χ0n) is 13.1. The first-order valence-corrected chi connectivity index (χ1v) is 10.2. The third-order valence-electron chi connectivity index (χ3n) is 3.76. The molecule has 0 bridgehead atoms. The molecule has 2 N–H and O–H groups in total. The van der Waals surface area contributed by atoms with Gasteiger partial charge in [0, 0.05) is 6.26 Å². The maximum atomic E-state index is 12.0. The standard InChI is InChI=1S/C12H25NO6S2/c1-6-9(2)10(11(14)15)13-21(18,19)8-7-12(3,4)20(5,16)17/h9-10,13H,6-8H2,1-5H3,(H,14,15)/t9-,10-/m0/s1. The predicted octanol–water partition coefficient (Wildman–Crippen LogP) is 0.618. The van der Waals surface area contributed by atoms with Crippen LogP contribution < -0.4 is 4.72 Å². The Bertz CT molecular complexity index is 565. The Morgan fingerprint density at radius 3 is 2.05 bits per heavy atom. The smallest absolute Gasteiger partial charge is 0.322 e. The summed E-state index contributed by atoms with van der Waals surface area (Å²) in [6.07, 6.45) is 1.45. The third-order valence-corrected chi connectivity index (χ3v) is 7.33. The van der Waals surface area contributed by atoms with Gasteiger partial charge in [-0.15, -0.1) is 0 Å². The molecule has 0 heterocycles. The molecule has 21 heavy (non-hydrogen) atoms. The number of carboxylic acid groups (broad SMARTS) is 1. The van der Waals surface area contributed by atoms with Gasteiger partial charge in [0.15, 0.2) is 9.84 Å². The predicted molar refractivity (Wildman–Crippen MR) is 81.3 cm³/mol. The highest BCUT2D eigenvalue weighted by molar-refractivity contribution is 7.92. The molecule has 0 aromatic heterocycles. The van der Waals surface area contributed by atoms with Crippen molar-refractivity contribution in [2.45, 2.75) is 51.3 Å². The molecule has 0 fully saturated rings. The van der Waals surface area contributed by atoms with E-state index in [1.807, 2.05) is 0 Å². The maximum absolute atomic E-state index is 12.0. The highest BCUT2D eigenvalue weighted by atomic mass is 32.2. The van der Waals surface area contributed by atoms with Gasteiger partial charge in [-0.1, -0.05) is 20.3 Å². The van der Waals surface area contributed by atoms with Crippen molar-refractivity contribution in [1.82, 2.24) is 4.72 Å². The Hall–Kier alpha value is -0.670. The number of sulfone groups is 1. The molecular weight excluding hydrogens is 318 g/mol. The fourth-order valence-electron chi connectivity index (χ4n) is 1.46. The monoisotopic (exact) mass is 343 g/mol. The lowest BCUT2D eigenvalue weighted by Crippen LogP contribution is -2.46. The highest BCUT2D eigenvalue weighted by Gasteiger charge is 2.34. The minimum atomic E-state index is -3.87. The average molecular weight is 343 g/mol. The molecule has 0 aliphatic heterocycles. The summed E-state index contributed by atoms with van der Waals surface area (Å²) in [6, 6.07) is -1.21. The van der Waals surface area contributed by atoms with E-state index < -0.39 is 42.4 Å². The Balaban J connectivity index is 4.97. The lowest BCUT2D eigenvalue weighted by molar-refractivity contribution is -0.140. The zero-order chi connectivity index (χ0) is 17.1. The average Bonchev–Trinajstić information content (AvgIpc) is 2.31. The summed E-state index contributed by atoms with van der Waals surface area (Å²) in [6.45, 7) is 6.30. The number of carboxylic acids is 1.